The molecule has 1 unspecified atom stereocenters. The SMILES string of the molecule is O=C(OC1O[C@H](CO)[C@@H](OCc2ccccc2)[C@H](OCc2ccccc2)[C@H]1OCc1ccccc1)C(Cl)(Cl)Cl. The number of carbonyl (C=O) groups excluding carboxylic acids is 1. The molecule has 1 aliphatic rings. The van der Waals surface area contributed by atoms with Gasteiger partial charge in [-0.25, -0.2) is 4.79 Å². The van der Waals surface area contributed by atoms with Gasteiger partial charge in [-0.1, -0.05) is 126 Å². The highest BCUT2D eigenvalue weighted by Crippen LogP contribution is 2.34. The summed E-state index contributed by atoms with van der Waals surface area (Å²) in [5.41, 5.74) is 2.70. The Bertz CT molecular complexity index is 1150. The van der Waals surface area contributed by atoms with Crippen LogP contribution in [0.2, 0.25) is 0 Å². The van der Waals surface area contributed by atoms with Crippen molar-refractivity contribution in [2.24, 2.45) is 0 Å². The highest BCUT2D eigenvalue weighted by molar-refractivity contribution is 6.75. The van der Waals surface area contributed by atoms with E-state index in [4.69, 9.17) is 58.5 Å². The molecule has 1 N–H and O–H groups in total. The van der Waals surface area contributed by atoms with Gasteiger partial charge >= 0.3 is 5.97 Å². The lowest BCUT2D eigenvalue weighted by atomic mass is 9.98. The second-order valence-corrected chi connectivity index (χ2v) is 11.2. The monoisotopic (exact) mass is 594 g/mol. The van der Waals surface area contributed by atoms with Crippen LogP contribution in [0.15, 0.2) is 91.0 Å². The summed E-state index contributed by atoms with van der Waals surface area (Å²) in [5.74, 6) is -1.15. The molecule has 0 amide bonds. The molecule has 0 saturated carbocycles. The molecular weight excluding hydrogens is 567 g/mol. The largest absolute Gasteiger partial charge is 0.430 e. The third kappa shape index (κ3) is 8.64. The van der Waals surface area contributed by atoms with Gasteiger partial charge in [-0.3, -0.25) is 0 Å². The molecule has 1 fully saturated rings. The zero-order valence-corrected chi connectivity index (χ0v) is 23.2. The Morgan fingerprint density at radius 2 is 1.10 bits per heavy atom. The number of rotatable bonds is 11. The van der Waals surface area contributed by atoms with Gasteiger partial charge in [0.2, 0.25) is 6.29 Å². The van der Waals surface area contributed by atoms with Crippen molar-refractivity contribution in [2.75, 3.05) is 6.61 Å². The Morgan fingerprint density at radius 3 is 1.51 bits per heavy atom. The minimum atomic E-state index is -2.34. The molecule has 3 aromatic rings. The van der Waals surface area contributed by atoms with Crippen LogP contribution in [-0.2, 0) is 48.3 Å². The Balaban J connectivity index is 1.64. The number of aliphatic hydroxyl groups is 1. The summed E-state index contributed by atoms with van der Waals surface area (Å²) in [4.78, 5) is 12.5. The van der Waals surface area contributed by atoms with Crippen molar-refractivity contribution >= 4 is 40.8 Å². The molecule has 0 spiro atoms. The maximum Gasteiger partial charge on any atom is 0.360 e. The van der Waals surface area contributed by atoms with Crippen LogP contribution in [0.1, 0.15) is 16.7 Å². The van der Waals surface area contributed by atoms with Gasteiger partial charge in [0.25, 0.3) is 3.79 Å². The quantitative estimate of drug-likeness (QED) is 0.236. The van der Waals surface area contributed by atoms with Gasteiger partial charge in [-0.2, -0.15) is 0 Å². The summed E-state index contributed by atoms with van der Waals surface area (Å²) in [6, 6.07) is 28.6. The Kier molecular flexibility index (Phi) is 11.0. The van der Waals surface area contributed by atoms with E-state index in [9.17, 15) is 9.90 Å². The van der Waals surface area contributed by atoms with Crippen LogP contribution in [-0.4, -0.2) is 52.2 Å². The topological polar surface area (TPSA) is 83.5 Å². The highest BCUT2D eigenvalue weighted by Gasteiger charge is 2.51. The molecule has 0 aliphatic carbocycles. The maximum atomic E-state index is 12.5. The number of aliphatic hydroxyl groups excluding tert-OH is 1. The predicted molar refractivity (Wildman–Crippen MR) is 147 cm³/mol. The molecule has 0 bridgehead atoms. The number of ether oxygens (including phenoxy) is 5. The molecule has 5 atom stereocenters. The van der Waals surface area contributed by atoms with Gasteiger partial charge in [0.05, 0.1) is 26.4 Å². The molecule has 0 aromatic heterocycles. The second-order valence-electron chi connectivity index (χ2n) is 8.91. The Morgan fingerprint density at radius 1 is 0.692 bits per heavy atom. The lowest BCUT2D eigenvalue weighted by molar-refractivity contribution is -0.318. The van der Waals surface area contributed by atoms with Crippen molar-refractivity contribution in [3.63, 3.8) is 0 Å². The van der Waals surface area contributed by atoms with Crippen molar-refractivity contribution in [3.8, 4) is 0 Å². The summed E-state index contributed by atoms with van der Waals surface area (Å²) in [6.07, 6.45) is -4.90. The van der Waals surface area contributed by atoms with Crippen LogP contribution in [0.3, 0.4) is 0 Å². The van der Waals surface area contributed by atoms with E-state index in [0.717, 1.165) is 16.7 Å². The van der Waals surface area contributed by atoms with Crippen LogP contribution < -0.4 is 0 Å². The van der Waals surface area contributed by atoms with Gasteiger partial charge < -0.3 is 28.8 Å². The molecule has 39 heavy (non-hydrogen) atoms. The number of alkyl halides is 3. The maximum absolute atomic E-state index is 12.5. The highest BCUT2D eigenvalue weighted by atomic mass is 35.6. The summed E-state index contributed by atoms with van der Waals surface area (Å²) in [7, 11) is 0. The van der Waals surface area contributed by atoms with E-state index in [-0.39, 0.29) is 19.8 Å². The van der Waals surface area contributed by atoms with E-state index in [1.807, 2.05) is 91.0 Å². The van der Waals surface area contributed by atoms with Crippen molar-refractivity contribution < 1.29 is 33.6 Å². The van der Waals surface area contributed by atoms with Gasteiger partial charge in [0, 0.05) is 0 Å². The Hall–Kier alpha value is -2.20. The van der Waals surface area contributed by atoms with E-state index < -0.39 is 47.1 Å². The van der Waals surface area contributed by atoms with E-state index in [2.05, 4.69) is 0 Å². The number of halogens is 3. The van der Waals surface area contributed by atoms with Crippen LogP contribution in [0.4, 0.5) is 0 Å². The fraction of sp³-hybridized carbons (Fsp3) is 0.345. The summed E-state index contributed by atoms with van der Waals surface area (Å²) in [6.45, 7) is 0.126. The molecule has 0 radical (unpaired) electrons. The molecular formula is C29H29Cl3O7. The first-order valence-corrected chi connectivity index (χ1v) is 13.5. The van der Waals surface area contributed by atoms with E-state index in [0.29, 0.717) is 0 Å². The first-order chi connectivity index (χ1) is 18.8. The molecule has 10 heteroatoms. The number of hydrogen-bond donors (Lipinski definition) is 1. The van der Waals surface area contributed by atoms with E-state index in [1.165, 1.54) is 0 Å². The number of hydrogen-bond acceptors (Lipinski definition) is 7. The smallest absolute Gasteiger partial charge is 0.360 e. The van der Waals surface area contributed by atoms with Crippen LogP contribution in [0.25, 0.3) is 0 Å². The van der Waals surface area contributed by atoms with Gasteiger partial charge in [-0.15, -0.1) is 0 Å². The summed E-state index contributed by atoms with van der Waals surface area (Å²) < 4.78 is 28.0. The molecule has 1 saturated heterocycles. The molecule has 1 aliphatic heterocycles. The Labute approximate surface area is 242 Å². The minimum absolute atomic E-state index is 0.150. The normalized spacial score (nSPS) is 23.3. The first-order valence-electron chi connectivity index (χ1n) is 12.4. The predicted octanol–water partition coefficient (Wildman–Crippen LogP) is 5.37. The van der Waals surface area contributed by atoms with Crippen LogP contribution in [0, 0.1) is 0 Å². The molecule has 7 nitrogen and oxygen atoms in total. The van der Waals surface area contributed by atoms with Crippen molar-refractivity contribution in [1.29, 1.82) is 0 Å². The van der Waals surface area contributed by atoms with Gasteiger partial charge in [0.1, 0.15) is 24.4 Å². The lowest BCUT2D eigenvalue weighted by Crippen LogP contribution is -2.62. The average molecular weight is 596 g/mol. The van der Waals surface area contributed by atoms with Gasteiger partial charge in [-0.05, 0) is 16.7 Å². The number of benzene rings is 3. The van der Waals surface area contributed by atoms with Crippen molar-refractivity contribution in [3.05, 3.63) is 108 Å². The lowest BCUT2D eigenvalue weighted by Gasteiger charge is -2.45. The van der Waals surface area contributed by atoms with Crippen LogP contribution >= 0.6 is 34.8 Å². The van der Waals surface area contributed by atoms with Crippen LogP contribution in [0.5, 0.6) is 0 Å². The van der Waals surface area contributed by atoms with E-state index >= 15 is 0 Å². The zero-order valence-electron chi connectivity index (χ0n) is 20.9. The zero-order chi connectivity index (χ0) is 27.7. The molecule has 208 valence electrons. The molecule has 1 heterocycles. The number of esters is 1. The fourth-order valence-electron chi connectivity index (χ4n) is 4.16. The number of carbonyl (C=O) groups is 1. The molecule has 3 aromatic carbocycles. The van der Waals surface area contributed by atoms with Crippen molar-refractivity contribution in [1.82, 2.24) is 0 Å². The fourth-order valence-corrected chi connectivity index (χ4v) is 4.29. The van der Waals surface area contributed by atoms with E-state index in [1.54, 1.807) is 0 Å². The second kappa shape index (κ2) is 14.4. The minimum Gasteiger partial charge on any atom is -0.430 e. The third-order valence-electron chi connectivity index (χ3n) is 6.08. The summed E-state index contributed by atoms with van der Waals surface area (Å²) in [5, 5.41) is 10.2. The standard InChI is InChI=1S/C29H29Cl3O7/c30-29(31,32)28(34)39-27-26(37-19-22-14-8-3-9-15-22)25(36-18-21-12-6-2-7-13-21)24(23(16-33)38-27)35-17-20-10-4-1-5-11-20/h1-15,23-27,33H,16-19H2/t23-,24-,25+,26-,27?/m1/s1. The first kappa shape index (κ1) is 29.8. The molecule has 4 rings (SSSR count). The van der Waals surface area contributed by atoms with Crippen molar-refractivity contribution in [2.45, 2.75) is 54.3 Å². The third-order valence-corrected chi connectivity index (χ3v) is 6.54. The van der Waals surface area contributed by atoms with Gasteiger partial charge in [0.15, 0.2) is 0 Å². The average Bonchev–Trinajstić information content (AvgIpc) is 2.95. The summed E-state index contributed by atoms with van der Waals surface area (Å²) >= 11 is 17.3.